The Hall–Kier alpha value is -2.10. The quantitative estimate of drug-likeness (QED) is 0.936. The van der Waals surface area contributed by atoms with E-state index in [2.05, 4.69) is 16.8 Å². The number of hydrogen-bond donors (Lipinski definition) is 1. The summed E-state index contributed by atoms with van der Waals surface area (Å²) >= 11 is 0. The van der Waals surface area contributed by atoms with E-state index in [0.717, 1.165) is 30.3 Å². The molecule has 2 heterocycles. The van der Waals surface area contributed by atoms with E-state index >= 15 is 0 Å². The van der Waals surface area contributed by atoms with Crippen molar-refractivity contribution in [2.75, 3.05) is 18.0 Å². The summed E-state index contributed by atoms with van der Waals surface area (Å²) in [5.41, 5.74) is 1.07. The van der Waals surface area contributed by atoms with Crippen molar-refractivity contribution in [3.8, 4) is 0 Å². The van der Waals surface area contributed by atoms with Crippen LogP contribution in [0.5, 0.6) is 0 Å². The van der Waals surface area contributed by atoms with Gasteiger partial charge < -0.3 is 10.0 Å². The molecule has 110 valence electrons. The number of piperidine rings is 1. The highest BCUT2D eigenvalue weighted by molar-refractivity contribution is 6.02. The number of carboxylic acids is 1. The SMILES string of the molecule is CCC1CCN(c2ccc3c(C(=O)O)cccc3n2)CC1. The zero-order valence-corrected chi connectivity index (χ0v) is 12.2. The summed E-state index contributed by atoms with van der Waals surface area (Å²) in [6.07, 6.45) is 3.68. The molecular formula is C17H20N2O2. The maximum absolute atomic E-state index is 11.2. The Balaban J connectivity index is 1.90. The summed E-state index contributed by atoms with van der Waals surface area (Å²) in [6, 6.07) is 9.09. The van der Waals surface area contributed by atoms with Gasteiger partial charge >= 0.3 is 5.97 Å². The molecule has 1 aliphatic heterocycles. The highest BCUT2D eigenvalue weighted by Crippen LogP contribution is 2.26. The van der Waals surface area contributed by atoms with Crippen LogP contribution in [0.25, 0.3) is 10.9 Å². The van der Waals surface area contributed by atoms with E-state index < -0.39 is 5.97 Å². The number of hydrogen-bond acceptors (Lipinski definition) is 3. The fourth-order valence-electron chi connectivity index (χ4n) is 3.08. The molecule has 0 saturated carbocycles. The van der Waals surface area contributed by atoms with Crippen LogP contribution in [0, 0.1) is 5.92 Å². The lowest BCUT2D eigenvalue weighted by atomic mass is 9.94. The minimum absolute atomic E-state index is 0.316. The Labute approximate surface area is 124 Å². The predicted molar refractivity (Wildman–Crippen MR) is 83.9 cm³/mol. The zero-order chi connectivity index (χ0) is 14.8. The molecular weight excluding hydrogens is 264 g/mol. The van der Waals surface area contributed by atoms with Gasteiger partial charge in [0.25, 0.3) is 0 Å². The average Bonchev–Trinajstić information content (AvgIpc) is 2.53. The Kier molecular flexibility index (Phi) is 3.78. The number of nitrogens with zero attached hydrogens (tertiary/aromatic N) is 2. The van der Waals surface area contributed by atoms with Crippen LogP contribution in [0.4, 0.5) is 5.82 Å². The Morgan fingerprint density at radius 3 is 2.71 bits per heavy atom. The minimum Gasteiger partial charge on any atom is -0.478 e. The van der Waals surface area contributed by atoms with Gasteiger partial charge in [-0.05, 0) is 43.0 Å². The number of aromatic carboxylic acids is 1. The van der Waals surface area contributed by atoms with Crippen molar-refractivity contribution in [3.05, 3.63) is 35.9 Å². The lowest BCUT2D eigenvalue weighted by Crippen LogP contribution is -2.34. The number of pyridine rings is 1. The standard InChI is InChI=1S/C17H20N2O2/c1-2-12-8-10-19(11-9-12)16-7-6-13-14(17(20)21)4-3-5-15(13)18-16/h3-7,12H,2,8-11H2,1H3,(H,20,21). The van der Waals surface area contributed by atoms with Gasteiger partial charge in [-0.25, -0.2) is 9.78 Å². The van der Waals surface area contributed by atoms with Gasteiger partial charge in [-0.15, -0.1) is 0 Å². The first-order chi connectivity index (χ1) is 10.2. The van der Waals surface area contributed by atoms with Gasteiger partial charge in [-0.1, -0.05) is 19.4 Å². The molecule has 1 aromatic carbocycles. The smallest absolute Gasteiger partial charge is 0.336 e. The molecule has 1 aromatic heterocycles. The molecule has 1 aliphatic rings. The molecule has 0 aliphatic carbocycles. The van der Waals surface area contributed by atoms with Crippen LogP contribution < -0.4 is 4.90 Å². The maximum Gasteiger partial charge on any atom is 0.336 e. The number of anilines is 1. The topological polar surface area (TPSA) is 53.4 Å². The van der Waals surface area contributed by atoms with Crippen LogP contribution in [0.1, 0.15) is 36.5 Å². The third kappa shape index (κ3) is 2.71. The second-order valence-electron chi connectivity index (χ2n) is 5.69. The molecule has 0 unspecified atom stereocenters. The van der Waals surface area contributed by atoms with Crippen LogP contribution in [0.3, 0.4) is 0 Å². The lowest BCUT2D eigenvalue weighted by Gasteiger charge is -2.32. The average molecular weight is 284 g/mol. The second-order valence-corrected chi connectivity index (χ2v) is 5.69. The number of rotatable bonds is 3. The van der Waals surface area contributed by atoms with Crippen LogP contribution in [0.15, 0.2) is 30.3 Å². The van der Waals surface area contributed by atoms with Gasteiger partial charge in [0.1, 0.15) is 5.82 Å². The van der Waals surface area contributed by atoms with E-state index in [4.69, 9.17) is 0 Å². The van der Waals surface area contributed by atoms with Gasteiger partial charge in [0.2, 0.25) is 0 Å². The summed E-state index contributed by atoms with van der Waals surface area (Å²) in [5, 5.41) is 9.92. The Bertz CT molecular complexity index is 661. The maximum atomic E-state index is 11.2. The molecule has 0 amide bonds. The lowest BCUT2D eigenvalue weighted by molar-refractivity contribution is 0.0699. The van der Waals surface area contributed by atoms with Gasteiger partial charge in [-0.2, -0.15) is 0 Å². The predicted octanol–water partition coefficient (Wildman–Crippen LogP) is 3.56. The number of carboxylic acid groups (broad SMARTS) is 1. The van der Waals surface area contributed by atoms with E-state index in [1.54, 1.807) is 12.1 Å². The largest absolute Gasteiger partial charge is 0.478 e. The van der Waals surface area contributed by atoms with Crippen LogP contribution in [0.2, 0.25) is 0 Å². The molecule has 1 fully saturated rings. The normalized spacial score (nSPS) is 16.3. The third-order valence-corrected chi connectivity index (χ3v) is 4.46. The van der Waals surface area contributed by atoms with Crippen LogP contribution >= 0.6 is 0 Å². The van der Waals surface area contributed by atoms with Crippen molar-refractivity contribution in [1.29, 1.82) is 0 Å². The summed E-state index contributed by atoms with van der Waals surface area (Å²) in [4.78, 5) is 18.2. The first-order valence-electron chi connectivity index (χ1n) is 7.57. The fourth-order valence-corrected chi connectivity index (χ4v) is 3.08. The van der Waals surface area contributed by atoms with E-state index in [1.807, 2.05) is 18.2 Å². The highest BCUT2D eigenvalue weighted by Gasteiger charge is 2.19. The monoisotopic (exact) mass is 284 g/mol. The molecule has 1 saturated heterocycles. The Morgan fingerprint density at radius 2 is 2.05 bits per heavy atom. The molecule has 4 nitrogen and oxygen atoms in total. The van der Waals surface area contributed by atoms with Gasteiger partial charge in [0.05, 0.1) is 11.1 Å². The van der Waals surface area contributed by atoms with Crippen LogP contribution in [-0.4, -0.2) is 29.1 Å². The van der Waals surface area contributed by atoms with E-state index in [-0.39, 0.29) is 0 Å². The van der Waals surface area contributed by atoms with Crippen molar-refractivity contribution in [2.45, 2.75) is 26.2 Å². The molecule has 2 aromatic rings. The summed E-state index contributed by atoms with van der Waals surface area (Å²) in [5.74, 6) is 0.888. The van der Waals surface area contributed by atoms with Crippen molar-refractivity contribution in [3.63, 3.8) is 0 Å². The van der Waals surface area contributed by atoms with E-state index in [0.29, 0.717) is 10.9 Å². The summed E-state index contributed by atoms with van der Waals surface area (Å²) < 4.78 is 0. The Morgan fingerprint density at radius 1 is 1.29 bits per heavy atom. The molecule has 0 spiro atoms. The molecule has 21 heavy (non-hydrogen) atoms. The van der Waals surface area contributed by atoms with Crippen molar-refractivity contribution in [1.82, 2.24) is 4.98 Å². The summed E-state index contributed by atoms with van der Waals surface area (Å²) in [7, 11) is 0. The molecule has 0 atom stereocenters. The second kappa shape index (κ2) is 5.72. The van der Waals surface area contributed by atoms with Crippen molar-refractivity contribution in [2.24, 2.45) is 5.92 Å². The first-order valence-corrected chi connectivity index (χ1v) is 7.57. The van der Waals surface area contributed by atoms with Crippen molar-refractivity contribution < 1.29 is 9.90 Å². The number of aromatic nitrogens is 1. The van der Waals surface area contributed by atoms with E-state index in [9.17, 15) is 9.90 Å². The van der Waals surface area contributed by atoms with Gasteiger partial charge in [-0.3, -0.25) is 0 Å². The molecule has 4 heteroatoms. The fraction of sp³-hybridized carbons (Fsp3) is 0.412. The highest BCUT2D eigenvalue weighted by atomic mass is 16.4. The van der Waals surface area contributed by atoms with Crippen LogP contribution in [-0.2, 0) is 0 Å². The molecule has 0 bridgehead atoms. The molecule has 3 rings (SSSR count). The third-order valence-electron chi connectivity index (χ3n) is 4.46. The van der Waals surface area contributed by atoms with Gasteiger partial charge in [0.15, 0.2) is 0 Å². The van der Waals surface area contributed by atoms with Crippen molar-refractivity contribution >= 4 is 22.7 Å². The minimum atomic E-state index is -0.904. The first kappa shape index (κ1) is 13.9. The summed E-state index contributed by atoms with van der Waals surface area (Å²) in [6.45, 7) is 4.33. The zero-order valence-electron chi connectivity index (χ0n) is 12.2. The number of carbonyl (C=O) groups is 1. The molecule has 1 N–H and O–H groups in total. The van der Waals surface area contributed by atoms with E-state index in [1.165, 1.54) is 19.3 Å². The van der Waals surface area contributed by atoms with Gasteiger partial charge in [0, 0.05) is 18.5 Å². The number of fused-ring (bicyclic) bond motifs is 1. The number of benzene rings is 1. The molecule has 0 radical (unpaired) electrons.